The van der Waals surface area contributed by atoms with E-state index in [0.717, 1.165) is 11.4 Å². The Hall–Kier alpha value is -6.52. The van der Waals surface area contributed by atoms with Gasteiger partial charge in [-0.05, 0) is 98.8 Å². The molecule has 0 aliphatic heterocycles. The predicted octanol–water partition coefficient (Wildman–Crippen LogP) is 16.0. The van der Waals surface area contributed by atoms with Crippen LogP contribution in [0.15, 0.2) is 200 Å². The third-order valence-corrected chi connectivity index (χ3v) is 13.2. The summed E-state index contributed by atoms with van der Waals surface area (Å²) in [5.41, 5.74) is 10.7. The van der Waals surface area contributed by atoms with Gasteiger partial charge in [-0.15, -0.1) is 22.7 Å². The minimum Gasteiger partial charge on any atom is -0.309 e. The summed E-state index contributed by atoms with van der Waals surface area (Å²) in [6.45, 7) is 0. The van der Waals surface area contributed by atoms with Crippen molar-refractivity contribution in [1.29, 1.82) is 0 Å². The monoisotopic (exact) mass is 735 g/mol. The van der Waals surface area contributed by atoms with E-state index in [9.17, 15) is 0 Å². The summed E-state index contributed by atoms with van der Waals surface area (Å²) in [6.07, 6.45) is 0. The zero-order valence-corrected chi connectivity index (χ0v) is 31.4. The van der Waals surface area contributed by atoms with Crippen molar-refractivity contribution in [3.8, 4) is 33.4 Å². The lowest BCUT2D eigenvalue weighted by molar-refractivity contribution is 1.30. The van der Waals surface area contributed by atoms with Gasteiger partial charge in [-0.1, -0.05) is 146 Å². The third-order valence-electron chi connectivity index (χ3n) is 10.9. The minimum atomic E-state index is 1.12. The van der Waals surface area contributed by atoms with E-state index in [1.807, 2.05) is 22.7 Å². The summed E-state index contributed by atoms with van der Waals surface area (Å²) in [5.74, 6) is 0. The van der Waals surface area contributed by atoms with E-state index >= 15 is 0 Å². The van der Waals surface area contributed by atoms with E-state index in [2.05, 4.69) is 205 Å². The van der Waals surface area contributed by atoms with Crippen molar-refractivity contribution in [2.75, 3.05) is 4.90 Å². The molecule has 0 saturated carbocycles. The van der Waals surface area contributed by atoms with Crippen molar-refractivity contribution in [3.05, 3.63) is 200 Å². The van der Waals surface area contributed by atoms with E-state index in [1.165, 1.54) is 90.2 Å². The largest absolute Gasteiger partial charge is 0.309 e. The number of anilines is 3. The van der Waals surface area contributed by atoms with Crippen LogP contribution in [-0.2, 0) is 0 Å². The van der Waals surface area contributed by atoms with Crippen LogP contribution in [0.2, 0.25) is 0 Å². The summed E-state index contributed by atoms with van der Waals surface area (Å²) in [4.78, 5) is 2.44. The SMILES string of the molecule is c1cc(-c2cccc(N(c3ccc(-c4ccc5c(c4)sc4ccccc45)cc3)c3cccc4c3sc3ccccc34)c2)cc(-c2cccc3ccccc23)c1. The van der Waals surface area contributed by atoms with Crippen LogP contribution < -0.4 is 4.90 Å². The summed E-state index contributed by atoms with van der Waals surface area (Å²) < 4.78 is 5.24. The number of thiophene rings is 2. The molecule has 0 atom stereocenters. The topological polar surface area (TPSA) is 3.24 Å². The molecule has 0 saturated heterocycles. The van der Waals surface area contributed by atoms with E-state index in [-0.39, 0.29) is 0 Å². The molecule has 9 aromatic carbocycles. The van der Waals surface area contributed by atoms with Crippen molar-refractivity contribution >= 4 is 90.9 Å². The van der Waals surface area contributed by atoms with Gasteiger partial charge in [0.25, 0.3) is 0 Å². The van der Waals surface area contributed by atoms with Crippen molar-refractivity contribution in [1.82, 2.24) is 0 Å². The maximum absolute atomic E-state index is 2.44. The van der Waals surface area contributed by atoms with Gasteiger partial charge in [0.1, 0.15) is 0 Å². The molecule has 3 heteroatoms. The standard InChI is InChI=1S/C52H33NS2/c1-2-17-42-35(11-1)12-9-20-43(42)39-15-7-13-36(31-39)37-14-8-16-41(32-37)53(48-22-10-21-47-45-19-4-6-24-50(45)55-52(47)48)40-28-25-34(26-29-40)38-27-30-46-44-18-3-5-23-49(44)54-51(46)33-38/h1-33H. The Bertz CT molecular complexity index is 3220. The van der Waals surface area contributed by atoms with Crippen molar-refractivity contribution in [3.63, 3.8) is 0 Å². The molecular formula is C52H33NS2. The molecule has 0 aliphatic carbocycles. The van der Waals surface area contributed by atoms with Gasteiger partial charge >= 0.3 is 0 Å². The van der Waals surface area contributed by atoms with Crippen LogP contribution in [0, 0.1) is 0 Å². The van der Waals surface area contributed by atoms with Crippen LogP contribution in [0.5, 0.6) is 0 Å². The summed E-state index contributed by atoms with van der Waals surface area (Å²) in [7, 11) is 0. The van der Waals surface area contributed by atoms with E-state index in [1.54, 1.807) is 0 Å². The Morgan fingerprint density at radius 2 is 0.891 bits per heavy atom. The first-order valence-corrected chi connectivity index (χ1v) is 20.3. The van der Waals surface area contributed by atoms with Gasteiger partial charge in [0, 0.05) is 47.0 Å². The Balaban J connectivity index is 1.04. The third kappa shape index (κ3) is 5.51. The predicted molar refractivity (Wildman–Crippen MR) is 241 cm³/mol. The first kappa shape index (κ1) is 32.0. The smallest absolute Gasteiger partial charge is 0.0640 e. The second kappa shape index (κ2) is 13.1. The van der Waals surface area contributed by atoms with Crippen LogP contribution in [0.1, 0.15) is 0 Å². The Morgan fingerprint density at radius 1 is 0.309 bits per heavy atom. The van der Waals surface area contributed by atoms with Gasteiger partial charge in [0.15, 0.2) is 0 Å². The Morgan fingerprint density at radius 3 is 1.75 bits per heavy atom. The highest BCUT2D eigenvalue weighted by molar-refractivity contribution is 7.26. The number of benzene rings is 9. The van der Waals surface area contributed by atoms with Crippen LogP contribution in [0.25, 0.3) is 84.5 Å². The molecule has 2 heterocycles. The zero-order valence-electron chi connectivity index (χ0n) is 29.8. The molecule has 0 radical (unpaired) electrons. The van der Waals surface area contributed by atoms with Gasteiger partial charge in [-0.25, -0.2) is 0 Å². The Labute approximate surface area is 327 Å². The number of hydrogen-bond acceptors (Lipinski definition) is 3. The van der Waals surface area contributed by atoms with Crippen LogP contribution in [0.4, 0.5) is 17.1 Å². The Kier molecular flexibility index (Phi) is 7.61. The molecule has 11 rings (SSSR count). The fourth-order valence-electron chi connectivity index (χ4n) is 8.21. The maximum Gasteiger partial charge on any atom is 0.0640 e. The first-order valence-electron chi connectivity index (χ1n) is 18.7. The highest BCUT2D eigenvalue weighted by Gasteiger charge is 2.19. The second-order valence-electron chi connectivity index (χ2n) is 14.1. The molecule has 0 spiro atoms. The minimum absolute atomic E-state index is 1.12. The zero-order chi connectivity index (χ0) is 36.3. The van der Waals surface area contributed by atoms with E-state index < -0.39 is 0 Å². The summed E-state index contributed by atoms with van der Waals surface area (Å²) >= 11 is 3.74. The molecule has 11 aromatic rings. The number of hydrogen-bond donors (Lipinski definition) is 0. The molecule has 0 bridgehead atoms. The van der Waals surface area contributed by atoms with E-state index in [4.69, 9.17) is 0 Å². The number of nitrogens with zero attached hydrogens (tertiary/aromatic N) is 1. The fraction of sp³-hybridized carbons (Fsp3) is 0. The van der Waals surface area contributed by atoms with Gasteiger partial charge in [0.2, 0.25) is 0 Å². The number of rotatable bonds is 6. The van der Waals surface area contributed by atoms with E-state index in [0.29, 0.717) is 0 Å². The van der Waals surface area contributed by atoms with Gasteiger partial charge in [-0.3, -0.25) is 0 Å². The molecule has 0 aliphatic rings. The fourth-order valence-corrected chi connectivity index (χ4v) is 10.6. The molecule has 258 valence electrons. The van der Waals surface area contributed by atoms with Crippen LogP contribution >= 0.6 is 22.7 Å². The molecule has 1 nitrogen and oxygen atoms in total. The molecule has 0 fully saturated rings. The first-order chi connectivity index (χ1) is 27.2. The van der Waals surface area contributed by atoms with Crippen molar-refractivity contribution in [2.45, 2.75) is 0 Å². The average Bonchev–Trinajstić information content (AvgIpc) is 3.83. The molecule has 0 unspecified atom stereocenters. The van der Waals surface area contributed by atoms with Crippen LogP contribution in [0.3, 0.4) is 0 Å². The van der Waals surface area contributed by atoms with Gasteiger partial charge < -0.3 is 4.90 Å². The van der Waals surface area contributed by atoms with Gasteiger partial charge in [-0.2, -0.15) is 0 Å². The quantitative estimate of drug-likeness (QED) is 0.164. The van der Waals surface area contributed by atoms with Gasteiger partial charge in [0.05, 0.1) is 10.4 Å². The molecule has 2 aromatic heterocycles. The summed E-state index contributed by atoms with van der Waals surface area (Å²) in [6, 6.07) is 73.4. The molecule has 0 N–H and O–H groups in total. The molecule has 55 heavy (non-hydrogen) atoms. The average molecular weight is 736 g/mol. The van der Waals surface area contributed by atoms with Crippen molar-refractivity contribution in [2.24, 2.45) is 0 Å². The highest BCUT2D eigenvalue weighted by atomic mass is 32.1. The normalized spacial score (nSPS) is 11.6. The summed E-state index contributed by atoms with van der Waals surface area (Å²) in [5, 5.41) is 7.77. The lowest BCUT2D eigenvalue weighted by atomic mass is 9.95. The van der Waals surface area contributed by atoms with Crippen LogP contribution in [-0.4, -0.2) is 0 Å². The maximum atomic E-state index is 2.44. The van der Waals surface area contributed by atoms with Crippen molar-refractivity contribution < 1.29 is 0 Å². The molecule has 0 amide bonds. The number of fused-ring (bicyclic) bond motifs is 7. The highest BCUT2D eigenvalue weighted by Crippen LogP contribution is 2.46. The molecular weight excluding hydrogens is 703 g/mol. The lowest BCUT2D eigenvalue weighted by Gasteiger charge is -2.27. The second-order valence-corrected chi connectivity index (χ2v) is 16.2. The lowest BCUT2D eigenvalue weighted by Crippen LogP contribution is -2.10.